The van der Waals surface area contributed by atoms with Crippen LogP contribution in [-0.2, 0) is 4.79 Å². The molecule has 1 fully saturated rings. The summed E-state index contributed by atoms with van der Waals surface area (Å²) in [7, 11) is 0. The van der Waals surface area contributed by atoms with Gasteiger partial charge < -0.3 is 5.32 Å². The highest BCUT2D eigenvalue weighted by Crippen LogP contribution is 2.30. The highest BCUT2D eigenvalue weighted by atomic mass is 16.1. The van der Waals surface area contributed by atoms with Crippen LogP contribution < -0.4 is 5.32 Å². The van der Waals surface area contributed by atoms with Gasteiger partial charge in [0, 0.05) is 24.2 Å². The molecule has 0 aromatic carbocycles. The Kier molecular flexibility index (Phi) is 2.38. The minimum absolute atomic E-state index is 0.281. The van der Waals surface area contributed by atoms with Crippen molar-refractivity contribution in [3.05, 3.63) is 11.8 Å². The van der Waals surface area contributed by atoms with E-state index in [4.69, 9.17) is 0 Å². The van der Waals surface area contributed by atoms with Crippen LogP contribution in [0.4, 0.5) is 0 Å². The molecule has 72 valence electrons. The van der Waals surface area contributed by atoms with Crippen molar-refractivity contribution in [2.75, 3.05) is 0 Å². The summed E-state index contributed by atoms with van der Waals surface area (Å²) in [6, 6.07) is 0.561. The topological polar surface area (TPSA) is 29.1 Å². The van der Waals surface area contributed by atoms with E-state index in [1.165, 1.54) is 19.3 Å². The second-order valence-electron chi connectivity index (χ2n) is 4.26. The van der Waals surface area contributed by atoms with E-state index in [0.717, 1.165) is 18.0 Å². The van der Waals surface area contributed by atoms with E-state index in [-0.39, 0.29) is 5.78 Å². The Morgan fingerprint density at radius 2 is 2.23 bits per heavy atom. The second-order valence-corrected chi connectivity index (χ2v) is 4.26. The van der Waals surface area contributed by atoms with Crippen molar-refractivity contribution < 1.29 is 4.79 Å². The van der Waals surface area contributed by atoms with E-state index in [9.17, 15) is 4.79 Å². The van der Waals surface area contributed by atoms with E-state index >= 15 is 0 Å². The highest BCUT2D eigenvalue weighted by molar-refractivity contribution is 5.92. The predicted octanol–water partition coefficient (Wildman–Crippen LogP) is 2.01. The molecule has 2 aliphatic carbocycles. The van der Waals surface area contributed by atoms with Crippen LogP contribution in [0, 0.1) is 5.92 Å². The Balaban J connectivity index is 1.83. The average molecular weight is 179 g/mol. The van der Waals surface area contributed by atoms with Gasteiger partial charge in [0.2, 0.25) is 0 Å². The van der Waals surface area contributed by atoms with Gasteiger partial charge in [-0.2, -0.15) is 0 Å². The van der Waals surface area contributed by atoms with Crippen molar-refractivity contribution >= 4 is 5.78 Å². The molecule has 1 atom stereocenters. The Bertz CT molecular complexity index is 240. The van der Waals surface area contributed by atoms with E-state index in [2.05, 4.69) is 12.2 Å². The second kappa shape index (κ2) is 3.52. The Morgan fingerprint density at radius 3 is 2.69 bits per heavy atom. The van der Waals surface area contributed by atoms with Gasteiger partial charge in [-0.3, -0.25) is 4.79 Å². The minimum atomic E-state index is 0.281. The van der Waals surface area contributed by atoms with Crippen LogP contribution in [0.15, 0.2) is 11.8 Å². The number of hydrogen-bond donors (Lipinski definition) is 1. The molecule has 13 heavy (non-hydrogen) atoms. The van der Waals surface area contributed by atoms with Crippen molar-refractivity contribution in [1.82, 2.24) is 5.32 Å². The summed E-state index contributed by atoms with van der Waals surface area (Å²) in [5, 5.41) is 3.45. The molecule has 0 radical (unpaired) electrons. The van der Waals surface area contributed by atoms with E-state index in [1.807, 2.05) is 0 Å². The first-order valence-corrected chi connectivity index (χ1v) is 5.25. The number of allylic oxidation sites excluding steroid dienone is 2. The lowest BCUT2D eigenvalue weighted by molar-refractivity contribution is -0.114. The molecule has 1 unspecified atom stereocenters. The smallest absolute Gasteiger partial charge is 0.157 e. The maximum absolute atomic E-state index is 11.0. The van der Waals surface area contributed by atoms with Crippen molar-refractivity contribution in [2.24, 2.45) is 5.92 Å². The normalized spacial score (nSPS) is 25.3. The van der Waals surface area contributed by atoms with E-state index in [0.29, 0.717) is 12.5 Å². The fraction of sp³-hybridized carbons (Fsp3) is 0.727. The van der Waals surface area contributed by atoms with Crippen LogP contribution in [0.1, 0.15) is 39.0 Å². The lowest BCUT2D eigenvalue weighted by atomic mass is 9.80. The summed E-state index contributed by atoms with van der Waals surface area (Å²) >= 11 is 0. The molecule has 0 aromatic rings. The van der Waals surface area contributed by atoms with Gasteiger partial charge in [-0.05, 0) is 32.1 Å². The van der Waals surface area contributed by atoms with Crippen LogP contribution >= 0.6 is 0 Å². The van der Waals surface area contributed by atoms with Gasteiger partial charge in [0.1, 0.15) is 0 Å². The van der Waals surface area contributed by atoms with Crippen LogP contribution in [0.2, 0.25) is 0 Å². The third-order valence-electron chi connectivity index (χ3n) is 3.25. The molecule has 0 bridgehead atoms. The van der Waals surface area contributed by atoms with Gasteiger partial charge in [0.05, 0.1) is 0 Å². The molecule has 2 nitrogen and oxygen atoms in total. The minimum Gasteiger partial charge on any atom is -0.385 e. The Labute approximate surface area is 79.4 Å². The summed E-state index contributed by atoms with van der Waals surface area (Å²) < 4.78 is 0. The zero-order valence-corrected chi connectivity index (χ0v) is 8.18. The summed E-state index contributed by atoms with van der Waals surface area (Å²) in [5.74, 6) is 1.12. The average Bonchev–Trinajstić information content (AvgIpc) is 2.31. The van der Waals surface area contributed by atoms with Crippen molar-refractivity contribution in [3.63, 3.8) is 0 Å². The maximum Gasteiger partial charge on any atom is 0.157 e. The monoisotopic (exact) mass is 179 g/mol. The summed E-state index contributed by atoms with van der Waals surface area (Å²) in [6.07, 6.45) is 7.50. The van der Waals surface area contributed by atoms with E-state index < -0.39 is 0 Å². The summed E-state index contributed by atoms with van der Waals surface area (Å²) in [4.78, 5) is 11.0. The molecular formula is C11H17NO. The van der Waals surface area contributed by atoms with Gasteiger partial charge in [0.15, 0.2) is 5.78 Å². The number of rotatable bonds is 3. The maximum atomic E-state index is 11.0. The molecular weight excluding hydrogens is 162 g/mol. The first-order chi connectivity index (χ1) is 6.25. The molecule has 0 spiro atoms. The Morgan fingerprint density at radius 1 is 1.46 bits per heavy atom. The molecule has 0 aromatic heterocycles. The fourth-order valence-corrected chi connectivity index (χ4v) is 2.06. The van der Waals surface area contributed by atoms with Crippen LogP contribution in [0.3, 0.4) is 0 Å². The zero-order chi connectivity index (χ0) is 9.26. The standard InChI is InChI=1S/C11H17NO/c1-8(9-3-2-4-9)12-10-5-6-11(13)7-10/h7-9,12H,2-6H2,1H3. The lowest BCUT2D eigenvalue weighted by Gasteiger charge is -2.32. The number of carbonyl (C=O) groups is 1. The number of ketones is 1. The van der Waals surface area contributed by atoms with Gasteiger partial charge in [-0.15, -0.1) is 0 Å². The quantitative estimate of drug-likeness (QED) is 0.718. The van der Waals surface area contributed by atoms with Gasteiger partial charge in [-0.1, -0.05) is 6.42 Å². The van der Waals surface area contributed by atoms with Crippen LogP contribution in [0.25, 0.3) is 0 Å². The third-order valence-corrected chi connectivity index (χ3v) is 3.25. The Hall–Kier alpha value is -0.790. The zero-order valence-electron chi connectivity index (χ0n) is 8.18. The largest absolute Gasteiger partial charge is 0.385 e. The number of hydrogen-bond acceptors (Lipinski definition) is 2. The third kappa shape index (κ3) is 1.93. The van der Waals surface area contributed by atoms with Crippen LogP contribution in [-0.4, -0.2) is 11.8 Å². The van der Waals surface area contributed by atoms with Crippen molar-refractivity contribution in [2.45, 2.75) is 45.1 Å². The molecule has 2 rings (SSSR count). The molecule has 0 saturated heterocycles. The SMILES string of the molecule is CC(NC1=CC(=O)CC1)C1CCC1. The predicted molar refractivity (Wildman–Crippen MR) is 52.3 cm³/mol. The molecule has 0 heterocycles. The summed E-state index contributed by atoms with van der Waals surface area (Å²) in [5.41, 5.74) is 1.16. The number of nitrogens with one attached hydrogen (secondary N) is 1. The first kappa shape index (κ1) is 8.79. The lowest BCUT2D eigenvalue weighted by Crippen LogP contribution is -2.36. The van der Waals surface area contributed by atoms with Gasteiger partial charge in [-0.25, -0.2) is 0 Å². The van der Waals surface area contributed by atoms with Crippen molar-refractivity contribution in [3.8, 4) is 0 Å². The molecule has 2 aliphatic rings. The molecule has 0 aliphatic heterocycles. The van der Waals surface area contributed by atoms with Crippen LogP contribution in [0.5, 0.6) is 0 Å². The molecule has 1 saturated carbocycles. The number of carbonyl (C=O) groups excluding carboxylic acids is 1. The molecule has 1 N–H and O–H groups in total. The highest BCUT2D eigenvalue weighted by Gasteiger charge is 2.25. The molecule has 0 amide bonds. The molecule has 2 heteroatoms. The summed E-state index contributed by atoms with van der Waals surface area (Å²) in [6.45, 7) is 2.23. The van der Waals surface area contributed by atoms with Crippen molar-refractivity contribution in [1.29, 1.82) is 0 Å². The fourth-order valence-electron chi connectivity index (χ4n) is 2.06. The van der Waals surface area contributed by atoms with Gasteiger partial charge >= 0.3 is 0 Å². The first-order valence-electron chi connectivity index (χ1n) is 5.25. The van der Waals surface area contributed by atoms with E-state index in [1.54, 1.807) is 6.08 Å². The van der Waals surface area contributed by atoms with Gasteiger partial charge in [0.25, 0.3) is 0 Å².